The van der Waals surface area contributed by atoms with Crippen LogP contribution in [0.25, 0.3) is 11.3 Å². The molecule has 6 nitrogen and oxygen atoms in total. The van der Waals surface area contributed by atoms with E-state index in [0.29, 0.717) is 23.5 Å². The van der Waals surface area contributed by atoms with Crippen LogP contribution in [-0.2, 0) is 21.3 Å². The monoisotopic (exact) mass is 492 g/mol. The molecule has 0 spiro atoms. The minimum atomic E-state index is -3.77. The largest absolute Gasteiger partial charge is 0.383 e. The first kappa shape index (κ1) is 22.7. The molecule has 0 aliphatic rings. The van der Waals surface area contributed by atoms with Crippen LogP contribution in [-0.4, -0.2) is 38.1 Å². The number of hydrogen-bond donors (Lipinski definition) is 0. The van der Waals surface area contributed by atoms with Gasteiger partial charge in [0.05, 0.1) is 17.2 Å². The van der Waals surface area contributed by atoms with Crippen molar-refractivity contribution in [2.45, 2.75) is 32.2 Å². The fraction of sp³-hybridized carbons (Fsp3) is 0.318. The van der Waals surface area contributed by atoms with Crippen LogP contribution in [0.2, 0.25) is 0 Å². The lowest BCUT2D eigenvalue weighted by molar-refractivity contribution is 0.177. The Morgan fingerprint density at radius 2 is 1.80 bits per heavy atom. The number of sulfonamides is 1. The van der Waals surface area contributed by atoms with E-state index in [9.17, 15) is 8.42 Å². The maximum Gasteiger partial charge on any atom is 0.243 e. The first-order valence-electron chi connectivity index (χ1n) is 9.51. The van der Waals surface area contributed by atoms with Crippen molar-refractivity contribution in [2.75, 3.05) is 20.3 Å². The fourth-order valence-electron chi connectivity index (χ4n) is 3.09. The van der Waals surface area contributed by atoms with Crippen LogP contribution < -0.4 is 0 Å². The molecule has 1 heterocycles. The van der Waals surface area contributed by atoms with Crippen LogP contribution in [0.15, 0.2) is 56.4 Å². The van der Waals surface area contributed by atoms with E-state index >= 15 is 0 Å². The zero-order valence-electron chi connectivity index (χ0n) is 17.5. The van der Waals surface area contributed by atoms with E-state index in [2.05, 4.69) is 21.1 Å². The lowest BCUT2D eigenvalue weighted by Gasteiger charge is -2.23. The number of ether oxygens (including phenoxy) is 1. The Kier molecular flexibility index (Phi) is 7.13. The van der Waals surface area contributed by atoms with Crippen molar-refractivity contribution in [2.24, 2.45) is 0 Å². The van der Waals surface area contributed by atoms with Crippen LogP contribution in [0.4, 0.5) is 0 Å². The summed E-state index contributed by atoms with van der Waals surface area (Å²) in [6.07, 6.45) is 0. The lowest BCUT2D eigenvalue weighted by atomic mass is 10.1. The Hall–Kier alpha value is -2.00. The van der Waals surface area contributed by atoms with Crippen LogP contribution in [0, 0.1) is 20.8 Å². The first-order valence-corrected chi connectivity index (χ1v) is 11.7. The van der Waals surface area contributed by atoms with Gasteiger partial charge in [0.15, 0.2) is 5.76 Å². The SMILES string of the molecule is COCCN(Cc1ccc(C)c(Br)c1)S(=O)(=O)c1cc(-c2cc(C)no2)ccc1C. The number of aryl methyl sites for hydroxylation is 3. The third kappa shape index (κ3) is 5.00. The molecule has 30 heavy (non-hydrogen) atoms. The third-order valence-electron chi connectivity index (χ3n) is 4.86. The average molecular weight is 493 g/mol. The van der Waals surface area contributed by atoms with Crippen molar-refractivity contribution in [3.63, 3.8) is 0 Å². The summed E-state index contributed by atoms with van der Waals surface area (Å²) in [7, 11) is -2.21. The molecule has 0 saturated heterocycles. The predicted molar refractivity (Wildman–Crippen MR) is 120 cm³/mol. The summed E-state index contributed by atoms with van der Waals surface area (Å²) >= 11 is 3.52. The Balaban J connectivity index is 2.00. The van der Waals surface area contributed by atoms with Gasteiger partial charge in [-0.05, 0) is 49.6 Å². The van der Waals surface area contributed by atoms with Crippen molar-refractivity contribution in [1.82, 2.24) is 9.46 Å². The second-order valence-corrected chi connectivity index (χ2v) is 9.99. The van der Waals surface area contributed by atoms with Crippen LogP contribution in [0.1, 0.15) is 22.4 Å². The van der Waals surface area contributed by atoms with E-state index < -0.39 is 10.0 Å². The summed E-state index contributed by atoms with van der Waals surface area (Å²) in [5.41, 5.74) is 4.07. The number of benzene rings is 2. The van der Waals surface area contributed by atoms with E-state index in [1.807, 2.05) is 38.1 Å². The number of hydrogen-bond acceptors (Lipinski definition) is 5. The Morgan fingerprint density at radius 3 is 2.43 bits per heavy atom. The van der Waals surface area contributed by atoms with E-state index in [1.165, 1.54) is 4.31 Å². The third-order valence-corrected chi connectivity index (χ3v) is 7.70. The Morgan fingerprint density at radius 1 is 1.07 bits per heavy atom. The highest BCUT2D eigenvalue weighted by Gasteiger charge is 2.27. The molecule has 2 aromatic carbocycles. The van der Waals surface area contributed by atoms with Gasteiger partial charge in [-0.2, -0.15) is 4.31 Å². The molecule has 0 fully saturated rings. The number of methoxy groups -OCH3 is 1. The van der Waals surface area contributed by atoms with Gasteiger partial charge in [-0.1, -0.05) is 45.4 Å². The molecule has 0 saturated carbocycles. The van der Waals surface area contributed by atoms with E-state index in [-0.39, 0.29) is 18.0 Å². The van der Waals surface area contributed by atoms with Gasteiger partial charge in [0.2, 0.25) is 10.0 Å². The molecule has 160 valence electrons. The van der Waals surface area contributed by atoms with Crippen LogP contribution in [0.3, 0.4) is 0 Å². The lowest BCUT2D eigenvalue weighted by Crippen LogP contribution is -2.34. The summed E-state index contributed by atoms with van der Waals surface area (Å²) in [4.78, 5) is 0.247. The molecule has 3 rings (SSSR count). The summed E-state index contributed by atoms with van der Waals surface area (Å²) in [5.74, 6) is 0.537. The topological polar surface area (TPSA) is 72.6 Å². The maximum absolute atomic E-state index is 13.6. The van der Waals surface area contributed by atoms with Crippen molar-refractivity contribution < 1.29 is 17.7 Å². The van der Waals surface area contributed by atoms with Crippen molar-refractivity contribution in [1.29, 1.82) is 0 Å². The van der Waals surface area contributed by atoms with Gasteiger partial charge in [-0.25, -0.2) is 8.42 Å². The summed E-state index contributed by atoms with van der Waals surface area (Å²) in [5, 5.41) is 3.90. The fourth-order valence-corrected chi connectivity index (χ4v) is 5.17. The highest BCUT2D eigenvalue weighted by atomic mass is 79.9. The van der Waals surface area contributed by atoms with Gasteiger partial charge in [0, 0.05) is 36.3 Å². The molecule has 0 N–H and O–H groups in total. The standard InChI is InChI=1S/C22H25BrN2O4S/c1-15-5-7-18(12-20(15)23)14-25(9-10-28-4)30(26,27)22-13-19(8-6-16(22)2)21-11-17(3)24-29-21/h5-8,11-13H,9-10,14H2,1-4H3. The molecule has 0 atom stereocenters. The molecule has 8 heteroatoms. The normalized spacial score (nSPS) is 11.9. The van der Waals surface area contributed by atoms with Crippen molar-refractivity contribution in [3.8, 4) is 11.3 Å². The summed E-state index contributed by atoms with van der Waals surface area (Å²) in [6, 6.07) is 12.9. The Labute approximate surface area is 186 Å². The first-order chi connectivity index (χ1) is 14.2. The number of rotatable bonds is 8. The van der Waals surface area contributed by atoms with Gasteiger partial charge in [-0.3, -0.25) is 0 Å². The molecule has 3 aromatic rings. The molecule has 0 amide bonds. The molecule has 1 aromatic heterocycles. The molecule has 0 bridgehead atoms. The smallest absolute Gasteiger partial charge is 0.243 e. The van der Waals surface area contributed by atoms with Gasteiger partial charge in [0.25, 0.3) is 0 Å². The van der Waals surface area contributed by atoms with Gasteiger partial charge in [0.1, 0.15) is 0 Å². The van der Waals surface area contributed by atoms with Gasteiger partial charge in [-0.15, -0.1) is 0 Å². The summed E-state index contributed by atoms with van der Waals surface area (Å²) in [6.45, 7) is 6.40. The molecular formula is C22H25BrN2O4S. The van der Waals surface area contributed by atoms with E-state index in [4.69, 9.17) is 9.26 Å². The minimum Gasteiger partial charge on any atom is -0.383 e. The van der Waals surface area contributed by atoms with E-state index in [1.54, 1.807) is 32.2 Å². The van der Waals surface area contributed by atoms with Gasteiger partial charge < -0.3 is 9.26 Å². The Bertz CT molecular complexity index is 1140. The highest BCUT2D eigenvalue weighted by molar-refractivity contribution is 9.10. The summed E-state index contributed by atoms with van der Waals surface area (Å²) < 4.78 is 40.1. The minimum absolute atomic E-state index is 0.245. The zero-order chi connectivity index (χ0) is 21.9. The molecular weight excluding hydrogens is 468 g/mol. The molecule has 0 aliphatic heterocycles. The number of aromatic nitrogens is 1. The quantitative estimate of drug-likeness (QED) is 0.448. The maximum atomic E-state index is 13.6. The highest BCUT2D eigenvalue weighted by Crippen LogP contribution is 2.29. The second kappa shape index (κ2) is 9.43. The zero-order valence-corrected chi connectivity index (χ0v) is 19.9. The van der Waals surface area contributed by atoms with Crippen LogP contribution in [0.5, 0.6) is 0 Å². The van der Waals surface area contributed by atoms with E-state index in [0.717, 1.165) is 21.3 Å². The molecule has 0 unspecified atom stereocenters. The second-order valence-electron chi connectivity index (χ2n) is 7.23. The van der Waals surface area contributed by atoms with Crippen LogP contribution >= 0.6 is 15.9 Å². The van der Waals surface area contributed by atoms with Crippen molar-refractivity contribution >= 4 is 26.0 Å². The number of nitrogens with zero attached hydrogens (tertiary/aromatic N) is 2. The molecule has 0 aliphatic carbocycles. The number of halogens is 1. The molecule has 0 radical (unpaired) electrons. The van der Waals surface area contributed by atoms with Crippen molar-refractivity contribution in [3.05, 3.63) is 69.3 Å². The predicted octanol–water partition coefficient (Wildman–Crippen LogP) is 4.87. The van der Waals surface area contributed by atoms with Gasteiger partial charge >= 0.3 is 0 Å². The average Bonchev–Trinajstić information content (AvgIpc) is 3.14.